The molecule has 1 saturated heterocycles. The van der Waals surface area contributed by atoms with Crippen LogP contribution in [0, 0.1) is 5.92 Å². The Bertz CT molecular complexity index is 194. The van der Waals surface area contributed by atoms with Crippen LogP contribution in [-0.4, -0.2) is 41.1 Å². The van der Waals surface area contributed by atoms with Crippen molar-refractivity contribution in [3.05, 3.63) is 0 Å². The molecule has 76 valence electrons. The first-order valence-corrected chi connectivity index (χ1v) is 4.74. The second-order valence-corrected chi connectivity index (χ2v) is 3.87. The van der Waals surface area contributed by atoms with E-state index in [0.29, 0.717) is 19.5 Å². The molecule has 0 aromatic heterocycles. The molecule has 4 heteroatoms. The van der Waals surface area contributed by atoms with E-state index in [1.54, 1.807) is 4.90 Å². The lowest BCUT2D eigenvalue weighted by atomic mass is 10.0. The fraction of sp³-hybridized carbons (Fsp3) is 0.889. The van der Waals surface area contributed by atoms with Crippen LogP contribution >= 0.6 is 0 Å². The van der Waals surface area contributed by atoms with Gasteiger partial charge in [0.05, 0.1) is 12.0 Å². The first kappa shape index (κ1) is 10.5. The quantitative estimate of drug-likeness (QED) is 0.614. The number of β-amino-alcohol motifs (C(OH)–C–C–N with tert-alkyl or cyclic N) is 1. The van der Waals surface area contributed by atoms with Crippen molar-refractivity contribution in [1.82, 2.24) is 4.90 Å². The predicted octanol–water partition coefficient (Wildman–Crippen LogP) is -0.437. The van der Waals surface area contributed by atoms with E-state index < -0.39 is 0 Å². The number of carbonyl (C=O) groups excluding carboxylic acids is 1. The number of carbonyl (C=O) groups is 1. The van der Waals surface area contributed by atoms with Crippen LogP contribution in [-0.2, 0) is 4.79 Å². The number of hydrogen-bond donors (Lipinski definition) is 2. The third kappa shape index (κ3) is 2.42. The maximum Gasteiger partial charge on any atom is 0.227 e. The SMILES string of the molecule is CC(N)C(C)C(=O)N1CC[C@@H](O)C1. The molecule has 1 heterocycles. The summed E-state index contributed by atoms with van der Waals surface area (Å²) in [6.45, 7) is 4.79. The molecule has 0 spiro atoms. The van der Waals surface area contributed by atoms with Crippen LogP contribution in [0.3, 0.4) is 0 Å². The molecule has 1 aliphatic rings. The molecule has 1 fully saturated rings. The Morgan fingerprint density at radius 1 is 1.62 bits per heavy atom. The van der Waals surface area contributed by atoms with E-state index in [0.717, 1.165) is 0 Å². The van der Waals surface area contributed by atoms with Gasteiger partial charge in [0.15, 0.2) is 0 Å². The van der Waals surface area contributed by atoms with Crippen LogP contribution in [0.4, 0.5) is 0 Å². The third-order valence-electron chi connectivity index (χ3n) is 2.65. The highest BCUT2D eigenvalue weighted by molar-refractivity contribution is 5.79. The number of nitrogens with zero attached hydrogens (tertiary/aromatic N) is 1. The van der Waals surface area contributed by atoms with Gasteiger partial charge in [0, 0.05) is 19.1 Å². The van der Waals surface area contributed by atoms with Gasteiger partial charge in [0.25, 0.3) is 0 Å². The third-order valence-corrected chi connectivity index (χ3v) is 2.65. The van der Waals surface area contributed by atoms with Gasteiger partial charge in [-0.05, 0) is 13.3 Å². The largest absolute Gasteiger partial charge is 0.391 e. The van der Waals surface area contributed by atoms with Crippen molar-refractivity contribution in [3.8, 4) is 0 Å². The average Bonchev–Trinajstić information content (AvgIpc) is 2.49. The molecule has 13 heavy (non-hydrogen) atoms. The minimum atomic E-state index is -0.343. The molecule has 1 amide bonds. The molecule has 0 saturated carbocycles. The van der Waals surface area contributed by atoms with E-state index in [1.165, 1.54) is 0 Å². The van der Waals surface area contributed by atoms with Crippen molar-refractivity contribution < 1.29 is 9.90 Å². The van der Waals surface area contributed by atoms with E-state index in [-0.39, 0.29) is 24.0 Å². The van der Waals surface area contributed by atoms with Crippen molar-refractivity contribution in [3.63, 3.8) is 0 Å². The van der Waals surface area contributed by atoms with E-state index in [1.807, 2.05) is 13.8 Å². The summed E-state index contributed by atoms with van der Waals surface area (Å²) in [6.07, 6.45) is 0.349. The summed E-state index contributed by atoms with van der Waals surface area (Å²) in [5.41, 5.74) is 5.63. The number of aliphatic hydroxyl groups is 1. The lowest BCUT2D eigenvalue weighted by Gasteiger charge is -2.22. The molecular formula is C9H18N2O2. The highest BCUT2D eigenvalue weighted by atomic mass is 16.3. The average molecular weight is 186 g/mol. The molecule has 2 unspecified atom stereocenters. The van der Waals surface area contributed by atoms with Crippen LogP contribution in [0.1, 0.15) is 20.3 Å². The van der Waals surface area contributed by atoms with Gasteiger partial charge in [-0.25, -0.2) is 0 Å². The topological polar surface area (TPSA) is 66.6 Å². The fourth-order valence-corrected chi connectivity index (χ4v) is 1.45. The summed E-state index contributed by atoms with van der Waals surface area (Å²) in [5, 5.41) is 9.24. The molecule has 1 aliphatic heterocycles. The number of amides is 1. The van der Waals surface area contributed by atoms with Gasteiger partial charge in [-0.2, -0.15) is 0 Å². The summed E-state index contributed by atoms with van der Waals surface area (Å²) in [5.74, 6) is -0.0862. The maximum atomic E-state index is 11.7. The molecule has 0 aliphatic carbocycles. The minimum absolute atomic E-state index is 0.0616. The molecule has 1 rings (SSSR count). The fourth-order valence-electron chi connectivity index (χ4n) is 1.45. The number of rotatable bonds is 2. The van der Waals surface area contributed by atoms with Crippen LogP contribution in [0.25, 0.3) is 0 Å². The Morgan fingerprint density at radius 2 is 2.23 bits per heavy atom. The summed E-state index contributed by atoms with van der Waals surface area (Å²) in [7, 11) is 0. The molecule has 4 nitrogen and oxygen atoms in total. The number of aliphatic hydroxyl groups excluding tert-OH is 1. The lowest BCUT2D eigenvalue weighted by molar-refractivity contribution is -0.134. The van der Waals surface area contributed by atoms with Crippen LogP contribution in [0.5, 0.6) is 0 Å². The molecule has 0 aromatic rings. The molecule has 0 aromatic carbocycles. The molecule has 0 bridgehead atoms. The van der Waals surface area contributed by atoms with Gasteiger partial charge < -0.3 is 15.7 Å². The monoisotopic (exact) mass is 186 g/mol. The zero-order chi connectivity index (χ0) is 10.0. The van der Waals surface area contributed by atoms with E-state index >= 15 is 0 Å². The summed E-state index contributed by atoms with van der Waals surface area (Å²) in [6, 6.07) is -0.120. The molecular weight excluding hydrogens is 168 g/mol. The molecule has 0 radical (unpaired) electrons. The Morgan fingerprint density at radius 3 is 2.62 bits per heavy atom. The van der Waals surface area contributed by atoms with E-state index in [9.17, 15) is 9.90 Å². The lowest BCUT2D eigenvalue weighted by Crippen LogP contribution is -2.40. The van der Waals surface area contributed by atoms with Gasteiger partial charge in [-0.15, -0.1) is 0 Å². The smallest absolute Gasteiger partial charge is 0.227 e. The van der Waals surface area contributed by atoms with Gasteiger partial charge in [0.2, 0.25) is 5.91 Å². The normalized spacial score (nSPS) is 27.4. The van der Waals surface area contributed by atoms with Crippen molar-refractivity contribution in [2.75, 3.05) is 13.1 Å². The Balaban J connectivity index is 2.48. The standard InChI is InChI=1S/C9H18N2O2/c1-6(7(2)10)9(13)11-4-3-8(12)5-11/h6-8,12H,3-5,10H2,1-2H3/t6?,7?,8-/m1/s1. The first-order valence-electron chi connectivity index (χ1n) is 4.74. The highest BCUT2D eigenvalue weighted by Gasteiger charge is 2.28. The van der Waals surface area contributed by atoms with Gasteiger partial charge in [-0.3, -0.25) is 4.79 Å². The molecule has 3 N–H and O–H groups in total. The van der Waals surface area contributed by atoms with Crippen molar-refractivity contribution in [2.24, 2.45) is 11.7 Å². The van der Waals surface area contributed by atoms with Gasteiger partial charge in [0.1, 0.15) is 0 Å². The Kier molecular flexibility index (Phi) is 3.27. The Labute approximate surface area is 78.7 Å². The minimum Gasteiger partial charge on any atom is -0.391 e. The van der Waals surface area contributed by atoms with E-state index in [4.69, 9.17) is 5.73 Å². The van der Waals surface area contributed by atoms with Crippen molar-refractivity contribution >= 4 is 5.91 Å². The predicted molar refractivity (Wildman–Crippen MR) is 50.0 cm³/mol. The Hall–Kier alpha value is -0.610. The first-order chi connectivity index (χ1) is 6.02. The molecule has 3 atom stereocenters. The summed E-state index contributed by atoms with van der Waals surface area (Å²) in [4.78, 5) is 13.4. The van der Waals surface area contributed by atoms with Crippen LogP contribution in [0.15, 0.2) is 0 Å². The zero-order valence-electron chi connectivity index (χ0n) is 8.23. The summed E-state index contributed by atoms with van der Waals surface area (Å²) >= 11 is 0. The second-order valence-electron chi connectivity index (χ2n) is 3.87. The maximum absolute atomic E-state index is 11.7. The van der Waals surface area contributed by atoms with E-state index in [2.05, 4.69) is 0 Å². The van der Waals surface area contributed by atoms with Crippen LogP contribution in [0.2, 0.25) is 0 Å². The van der Waals surface area contributed by atoms with Crippen LogP contribution < -0.4 is 5.73 Å². The second kappa shape index (κ2) is 4.07. The number of nitrogens with two attached hydrogens (primary N) is 1. The number of hydrogen-bond acceptors (Lipinski definition) is 3. The van der Waals surface area contributed by atoms with Crippen molar-refractivity contribution in [2.45, 2.75) is 32.4 Å². The zero-order valence-corrected chi connectivity index (χ0v) is 8.23. The van der Waals surface area contributed by atoms with Crippen molar-refractivity contribution in [1.29, 1.82) is 0 Å². The van der Waals surface area contributed by atoms with Gasteiger partial charge >= 0.3 is 0 Å². The van der Waals surface area contributed by atoms with Gasteiger partial charge in [-0.1, -0.05) is 6.92 Å². The summed E-state index contributed by atoms with van der Waals surface area (Å²) < 4.78 is 0. The highest BCUT2D eigenvalue weighted by Crippen LogP contribution is 2.13. The number of likely N-dealkylation sites (tertiary alicyclic amines) is 1.